The second kappa shape index (κ2) is 7.23. The predicted molar refractivity (Wildman–Crippen MR) is 97.2 cm³/mol. The van der Waals surface area contributed by atoms with Crippen molar-refractivity contribution < 1.29 is 23.1 Å². The average Bonchev–Trinajstić information content (AvgIpc) is 2.57. The van der Waals surface area contributed by atoms with Crippen molar-refractivity contribution in [1.29, 1.82) is 0 Å². The molecule has 142 valence electrons. The summed E-state index contributed by atoms with van der Waals surface area (Å²) in [5, 5.41) is 11.6. The van der Waals surface area contributed by atoms with Gasteiger partial charge in [-0.1, -0.05) is 18.2 Å². The molecule has 0 radical (unpaired) electrons. The third-order valence-corrected chi connectivity index (χ3v) is 5.47. The molecule has 2 heterocycles. The molecule has 1 aliphatic heterocycles. The summed E-state index contributed by atoms with van der Waals surface area (Å²) in [5.41, 5.74) is 0.544. The van der Waals surface area contributed by atoms with Crippen LogP contribution in [0.1, 0.15) is 16.1 Å². The Bertz CT molecular complexity index is 972. The highest BCUT2D eigenvalue weighted by Gasteiger charge is 2.30. The number of carbonyl (C=O) groups excluding carboxylic acids is 1. The van der Waals surface area contributed by atoms with Crippen LogP contribution >= 0.6 is 0 Å². The lowest BCUT2D eigenvalue weighted by molar-refractivity contribution is 0.0695. The number of pyridine rings is 1. The number of hydrogen-bond acceptors (Lipinski definition) is 6. The van der Waals surface area contributed by atoms with E-state index in [9.17, 15) is 18.0 Å². The largest absolute Gasteiger partial charge is 0.478 e. The zero-order valence-electron chi connectivity index (χ0n) is 14.4. The maximum Gasteiger partial charge on any atom is 0.337 e. The third kappa shape index (κ3) is 4.17. The highest BCUT2D eigenvalue weighted by molar-refractivity contribution is 7.90. The summed E-state index contributed by atoms with van der Waals surface area (Å²) < 4.78 is 26.2. The Morgan fingerprint density at radius 2 is 1.81 bits per heavy atom. The second-order valence-electron chi connectivity index (χ2n) is 6.10. The minimum Gasteiger partial charge on any atom is -0.478 e. The fourth-order valence-corrected chi connectivity index (χ4v) is 3.64. The number of sulfonamides is 1. The first-order valence-electron chi connectivity index (χ1n) is 8.10. The fraction of sp³-hybridized carbons (Fsp3) is 0.235. The molecular formula is C17H18N4O5S. The van der Waals surface area contributed by atoms with Gasteiger partial charge in [0.1, 0.15) is 5.82 Å². The Morgan fingerprint density at radius 1 is 1.15 bits per heavy atom. The number of amides is 2. The lowest BCUT2D eigenvalue weighted by Gasteiger charge is -2.40. The van der Waals surface area contributed by atoms with Gasteiger partial charge in [-0.05, 0) is 31.2 Å². The number of urea groups is 1. The van der Waals surface area contributed by atoms with Crippen molar-refractivity contribution in [3.8, 4) is 0 Å². The van der Waals surface area contributed by atoms with Gasteiger partial charge in [-0.3, -0.25) is 0 Å². The molecule has 0 saturated carbocycles. The van der Waals surface area contributed by atoms with Crippen LogP contribution in [0.25, 0.3) is 0 Å². The number of anilines is 1. The maximum atomic E-state index is 12.1. The number of carboxylic acids is 1. The smallest absolute Gasteiger partial charge is 0.337 e. The molecule has 3 N–H and O–H groups in total. The Morgan fingerprint density at radius 3 is 2.41 bits per heavy atom. The van der Waals surface area contributed by atoms with Gasteiger partial charge < -0.3 is 15.3 Å². The molecule has 9 nitrogen and oxygen atoms in total. The molecular weight excluding hydrogens is 372 g/mol. The van der Waals surface area contributed by atoms with Gasteiger partial charge in [0.25, 0.3) is 10.0 Å². The van der Waals surface area contributed by atoms with Crippen molar-refractivity contribution in [1.82, 2.24) is 15.0 Å². The number of benzene rings is 1. The number of nitrogens with one attached hydrogen (secondary N) is 2. The molecule has 0 unspecified atom stereocenters. The lowest BCUT2D eigenvalue weighted by Crippen LogP contribution is -2.61. The van der Waals surface area contributed by atoms with Crippen LogP contribution in [0.3, 0.4) is 0 Å². The van der Waals surface area contributed by atoms with E-state index in [1.165, 1.54) is 18.2 Å². The summed E-state index contributed by atoms with van der Waals surface area (Å²) in [6.07, 6.45) is 0. The number of aryl methyl sites for hydroxylation is 1. The van der Waals surface area contributed by atoms with Crippen LogP contribution in [-0.4, -0.2) is 49.6 Å². The number of carboxylic acid groups (broad SMARTS) is 1. The minimum atomic E-state index is -3.92. The molecule has 2 aromatic rings. The lowest BCUT2D eigenvalue weighted by atomic mass is 10.1. The molecule has 1 aromatic carbocycles. The van der Waals surface area contributed by atoms with Crippen molar-refractivity contribution >= 4 is 27.8 Å². The first-order valence-corrected chi connectivity index (χ1v) is 9.59. The fourth-order valence-electron chi connectivity index (χ4n) is 2.70. The van der Waals surface area contributed by atoms with E-state index >= 15 is 0 Å². The van der Waals surface area contributed by atoms with Crippen LogP contribution in [0.2, 0.25) is 0 Å². The number of hydrogen-bond donors (Lipinski definition) is 3. The summed E-state index contributed by atoms with van der Waals surface area (Å²) in [7, 11) is -3.92. The van der Waals surface area contributed by atoms with Crippen LogP contribution in [0.15, 0.2) is 47.4 Å². The molecule has 2 amide bonds. The van der Waals surface area contributed by atoms with Gasteiger partial charge in [-0.2, -0.15) is 0 Å². The summed E-state index contributed by atoms with van der Waals surface area (Å²) in [5.74, 6) is -0.432. The number of aromatic carboxylic acids is 1. The van der Waals surface area contributed by atoms with Crippen molar-refractivity contribution in [3.63, 3.8) is 0 Å². The van der Waals surface area contributed by atoms with Gasteiger partial charge in [0.2, 0.25) is 0 Å². The van der Waals surface area contributed by atoms with E-state index in [4.69, 9.17) is 5.11 Å². The Kier molecular flexibility index (Phi) is 5.00. The van der Waals surface area contributed by atoms with Gasteiger partial charge in [-0.15, -0.1) is 0 Å². The van der Waals surface area contributed by atoms with Crippen molar-refractivity contribution in [2.24, 2.45) is 0 Å². The number of carbonyl (C=O) groups is 2. The first-order chi connectivity index (χ1) is 12.8. The Balaban J connectivity index is 1.54. The van der Waals surface area contributed by atoms with Crippen molar-refractivity contribution in [2.45, 2.75) is 17.9 Å². The normalized spacial score (nSPS) is 14.3. The first kappa shape index (κ1) is 18.6. The van der Waals surface area contributed by atoms with Crippen LogP contribution < -0.4 is 14.9 Å². The molecule has 1 aliphatic rings. The molecule has 0 aliphatic carbocycles. The van der Waals surface area contributed by atoms with Gasteiger partial charge in [-0.25, -0.2) is 27.7 Å². The molecule has 0 bridgehead atoms. The van der Waals surface area contributed by atoms with Crippen molar-refractivity contribution in [2.75, 3.05) is 18.0 Å². The zero-order chi connectivity index (χ0) is 19.6. The molecule has 1 saturated heterocycles. The second-order valence-corrected chi connectivity index (χ2v) is 7.78. The highest BCUT2D eigenvalue weighted by Crippen LogP contribution is 2.20. The van der Waals surface area contributed by atoms with Gasteiger partial charge in [0.15, 0.2) is 0 Å². The summed E-state index contributed by atoms with van der Waals surface area (Å²) in [4.78, 5) is 29.1. The van der Waals surface area contributed by atoms with E-state index in [0.29, 0.717) is 24.6 Å². The maximum absolute atomic E-state index is 12.1. The van der Waals surface area contributed by atoms with Gasteiger partial charge in [0, 0.05) is 13.1 Å². The van der Waals surface area contributed by atoms with E-state index in [1.54, 1.807) is 31.2 Å². The number of nitrogens with zero attached hydrogens (tertiary/aromatic N) is 2. The van der Waals surface area contributed by atoms with Crippen LogP contribution in [-0.2, 0) is 10.0 Å². The summed E-state index contributed by atoms with van der Waals surface area (Å²) >= 11 is 0. The molecule has 27 heavy (non-hydrogen) atoms. The zero-order valence-corrected chi connectivity index (χ0v) is 15.2. The summed E-state index contributed by atoms with van der Waals surface area (Å²) in [6.45, 7) is 2.50. The molecule has 3 rings (SSSR count). The van der Waals surface area contributed by atoms with E-state index in [2.05, 4.69) is 10.3 Å². The third-order valence-electron chi connectivity index (χ3n) is 4.12. The van der Waals surface area contributed by atoms with E-state index < -0.39 is 22.0 Å². The number of rotatable bonds is 5. The van der Waals surface area contributed by atoms with Crippen molar-refractivity contribution in [3.05, 3.63) is 53.7 Å². The Hall–Kier alpha value is -3.14. The van der Waals surface area contributed by atoms with Gasteiger partial charge >= 0.3 is 12.0 Å². The average molecular weight is 390 g/mol. The van der Waals surface area contributed by atoms with E-state index in [0.717, 1.165) is 0 Å². The minimum absolute atomic E-state index is 0.00795. The molecule has 10 heteroatoms. The molecule has 1 aromatic heterocycles. The molecule has 1 fully saturated rings. The summed E-state index contributed by atoms with van der Waals surface area (Å²) in [6, 6.07) is 9.67. The van der Waals surface area contributed by atoms with Crippen LogP contribution in [0.4, 0.5) is 10.6 Å². The predicted octanol–water partition coefficient (Wildman–Crippen LogP) is 0.965. The number of aromatic nitrogens is 1. The van der Waals surface area contributed by atoms with Crippen LogP contribution in [0.5, 0.6) is 0 Å². The van der Waals surface area contributed by atoms with Crippen LogP contribution in [0, 0.1) is 6.92 Å². The standard InChI is InChI=1S/C17H18N4O5S/c1-11-14(16(22)23)7-8-15(18-11)21-9-12(10-21)19-17(24)20-27(25,26)13-5-3-2-4-6-13/h2-8,12H,9-10H2,1H3,(H,22,23)(H2,19,20,24). The van der Waals surface area contributed by atoms with E-state index in [1.807, 2.05) is 9.62 Å². The monoisotopic (exact) mass is 390 g/mol. The van der Waals surface area contributed by atoms with E-state index in [-0.39, 0.29) is 16.5 Å². The van der Waals surface area contributed by atoms with Gasteiger partial charge in [0.05, 0.1) is 22.2 Å². The quantitative estimate of drug-likeness (QED) is 0.694. The SMILES string of the molecule is Cc1nc(N2CC(NC(=O)NS(=O)(=O)c3ccccc3)C2)ccc1C(=O)O. The molecule has 0 atom stereocenters. The highest BCUT2D eigenvalue weighted by atomic mass is 32.2. The molecule has 0 spiro atoms. The Labute approximate surface area is 156 Å². The topological polar surface area (TPSA) is 129 Å².